The number of carbonyl (C=O) groups is 1. The van der Waals surface area contributed by atoms with E-state index in [9.17, 15) is 18.0 Å². The Kier molecular flexibility index (Phi) is 6.54. The predicted molar refractivity (Wildman–Crippen MR) is 103 cm³/mol. The lowest BCUT2D eigenvalue weighted by Gasteiger charge is -2.10. The fourth-order valence-corrected chi connectivity index (χ4v) is 2.77. The van der Waals surface area contributed by atoms with Crippen molar-refractivity contribution in [3.8, 4) is 5.82 Å². The highest BCUT2D eigenvalue weighted by Gasteiger charge is 2.29. The van der Waals surface area contributed by atoms with Crippen LogP contribution in [0.15, 0.2) is 59.8 Å². The van der Waals surface area contributed by atoms with E-state index in [4.69, 9.17) is 0 Å². The van der Waals surface area contributed by atoms with Gasteiger partial charge >= 0.3 is 11.5 Å². The number of thioether (sulfide) groups is 1. The molecule has 0 radical (unpaired) electrons. The molecule has 152 valence electrons. The van der Waals surface area contributed by atoms with Crippen molar-refractivity contribution in [2.75, 3.05) is 23.7 Å². The van der Waals surface area contributed by atoms with Gasteiger partial charge in [-0.25, -0.2) is 9.48 Å². The maximum Gasteiger partial charge on any atom is 0.446 e. The molecule has 12 heteroatoms. The van der Waals surface area contributed by atoms with Crippen molar-refractivity contribution < 1.29 is 18.0 Å². The van der Waals surface area contributed by atoms with Crippen LogP contribution in [-0.4, -0.2) is 44.6 Å². The summed E-state index contributed by atoms with van der Waals surface area (Å²) in [7, 11) is 0. The number of alkyl halides is 3. The summed E-state index contributed by atoms with van der Waals surface area (Å²) in [5, 5.41) is 20.3. The first-order valence-corrected chi connectivity index (χ1v) is 9.19. The summed E-state index contributed by atoms with van der Waals surface area (Å²) in [4.78, 5) is 11.9. The van der Waals surface area contributed by atoms with Gasteiger partial charge in [0.1, 0.15) is 5.82 Å². The number of nitrogens with zero attached hydrogens (tertiary/aromatic N) is 4. The van der Waals surface area contributed by atoms with Crippen molar-refractivity contribution in [3.05, 3.63) is 54.9 Å². The number of halogens is 3. The van der Waals surface area contributed by atoms with Crippen molar-refractivity contribution in [2.45, 2.75) is 10.4 Å². The van der Waals surface area contributed by atoms with Crippen LogP contribution in [-0.2, 0) is 0 Å². The van der Waals surface area contributed by atoms with Crippen molar-refractivity contribution in [3.63, 3.8) is 0 Å². The van der Waals surface area contributed by atoms with Gasteiger partial charge in [0.05, 0.1) is 0 Å². The van der Waals surface area contributed by atoms with Gasteiger partial charge in [0.15, 0.2) is 5.82 Å². The van der Waals surface area contributed by atoms with Crippen LogP contribution in [0.25, 0.3) is 5.82 Å². The van der Waals surface area contributed by atoms with E-state index in [1.807, 2.05) is 0 Å². The highest BCUT2D eigenvalue weighted by molar-refractivity contribution is 8.00. The molecule has 2 aromatic heterocycles. The van der Waals surface area contributed by atoms with Gasteiger partial charge < -0.3 is 16.0 Å². The molecule has 0 saturated heterocycles. The zero-order valence-electron chi connectivity index (χ0n) is 14.8. The van der Waals surface area contributed by atoms with Gasteiger partial charge in [-0.3, -0.25) is 0 Å². The van der Waals surface area contributed by atoms with Crippen molar-refractivity contribution >= 4 is 29.3 Å². The van der Waals surface area contributed by atoms with Crippen LogP contribution in [0.2, 0.25) is 0 Å². The molecule has 3 N–H and O–H groups in total. The zero-order valence-corrected chi connectivity index (χ0v) is 15.7. The summed E-state index contributed by atoms with van der Waals surface area (Å²) in [6.07, 6.45) is 3.39. The number of hydrogen-bond acceptors (Lipinski definition) is 6. The Morgan fingerprint density at radius 2 is 1.86 bits per heavy atom. The lowest BCUT2D eigenvalue weighted by Crippen LogP contribution is -2.32. The van der Waals surface area contributed by atoms with E-state index < -0.39 is 11.5 Å². The summed E-state index contributed by atoms with van der Waals surface area (Å²) in [5.41, 5.74) is -3.95. The normalized spacial score (nSPS) is 11.1. The van der Waals surface area contributed by atoms with Gasteiger partial charge in [-0.2, -0.15) is 18.3 Å². The third-order valence-electron chi connectivity index (χ3n) is 3.45. The number of amides is 2. The first-order valence-electron chi connectivity index (χ1n) is 8.37. The smallest absolute Gasteiger partial charge is 0.367 e. The average Bonchev–Trinajstić information content (AvgIpc) is 3.21. The maximum atomic E-state index is 12.3. The summed E-state index contributed by atoms with van der Waals surface area (Å²) in [5.74, 6) is 1.12. The minimum Gasteiger partial charge on any atom is -0.367 e. The van der Waals surface area contributed by atoms with E-state index in [0.717, 1.165) is 0 Å². The molecule has 0 saturated carbocycles. The Hall–Kier alpha value is -3.28. The van der Waals surface area contributed by atoms with E-state index in [2.05, 4.69) is 31.2 Å². The Labute approximate surface area is 167 Å². The first-order chi connectivity index (χ1) is 13.9. The summed E-state index contributed by atoms with van der Waals surface area (Å²) in [6, 6.07) is 10.2. The van der Waals surface area contributed by atoms with E-state index >= 15 is 0 Å². The number of hydrogen-bond donors (Lipinski definition) is 3. The van der Waals surface area contributed by atoms with Crippen molar-refractivity contribution in [1.82, 2.24) is 25.3 Å². The van der Waals surface area contributed by atoms with Gasteiger partial charge in [-0.1, -0.05) is 0 Å². The van der Waals surface area contributed by atoms with Gasteiger partial charge in [0, 0.05) is 36.1 Å². The monoisotopic (exact) mass is 423 g/mol. The topological polar surface area (TPSA) is 96.8 Å². The van der Waals surface area contributed by atoms with Gasteiger partial charge in [0.25, 0.3) is 0 Å². The molecular formula is C17H16F3N7OS. The van der Waals surface area contributed by atoms with Crippen LogP contribution in [0.3, 0.4) is 0 Å². The lowest BCUT2D eigenvalue weighted by atomic mass is 10.3. The maximum absolute atomic E-state index is 12.3. The molecule has 2 amide bonds. The molecule has 8 nitrogen and oxygen atoms in total. The third kappa shape index (κ3) is 6.68. The summed E-state index contributed by atoms with van der Waals surface area (Å²) < 4.78 is 38.5. The number of anilines is 2. The van der Waals surface area contributed by atoms with Crippen LogP contribution in [0.5, 0.6) is 0 Å². The minimum absolute atomic E-state index is 0.0485. The fourth-order valence-electron chi connectivity index (χ4n) is 2.23. The largest absolute Gasteiger partial charge is 0.446 e. The van der Waals surface area contributed by atoms with Crippen LogP contribution in [0.1, 0.15) is 0 Å². The molecule has 0 aliphatic carbocycles. The molecule has 0 unspecified atom stereocenters. The van der Waals surface area contributed by atoms with Crippen LogP contribution >= 0.6 is 11.8 Å². The number of aromatic nitrogens is 4. The molecule has 0 aliphatic heterocycles. The molecule has 3 aromatic rings. The molecule has 29 heavy (non-hydrogen) atoms. The Morgan fingerprint density at radius 3 is 2.48 bits per heavy atom. The quantitative estimate of drug-likeness (QED) is 0.398. The summed E-state index contributed by atoms with van der Waals surface area (Å²) in [6.45, 7) is 0.709. The summed E-state index contributed by atoms with van der Waals surface area (Å²) >= 11 is -0.209. The molecule has 0 aliphatic rings. The number of nitrogens with one attached hydrogen (secondary N) is 3. The molecule has 0 bridgehead atoms. The molecule has 0 fully saturated rings. The third-order valence-corrected chi connectivity index (χ3v) is 4.19. The first kappa shape index (κ1) is 20.5. The van der Waals surface area contributed by atoms with Crippen LogP contribution < -0.4 is 16.0 Å². The lowest BCUT2D eigenvalue weighted by molar-refractivity contribution is -0.0328. The molecule has 0 spiro atoms. The van der Waals surface area contributed by atoms with Crippen LogP contribution in [0.4, 0.5) is 29.5 Å². The second kappa shape index (κ2) is 9.28. The zero-order chi connectivity index (χ0) is 20.7. The number of rotatable bonds is 7. The number of benzene rings is 1. The van der Waals surface area contributed by atoms with E-state index in [-0.39, 0.29) is 16.7 Å². The highest BCUT2D eigenvalue weighted by Crippen LogP contribution is 2.36. The SMILES string of the molecule is O=C(NCCNc1ccc(-n2cccn2)nn1)Nc1ccc(SC(F)(F)F)cc1. The Bertz CT molecular complexity index is 916. The Balaban J connectivity index is 1.37. The van der Waals surface area contributed by atoms with Gasteiger partial charge in [-0.05, 0) is 54.2 Å². The van der Waals surface area contributed by atoms with Gasteiger partial charge in [-0.15, -0.1) is 10.2 Å². The van der Waals surface area contributed by atoms with E-state index in [1.165, 1.54) is 24.3 Å². The molecule has 0 atom stereocenters. The Morgan fingerprint density at radius 1 is 1.07 bits per heavy atom. The van der Waals surface area contributed by atoms with Crippen LogP contribution in [0, 0.1) is 0 Å². The second-order valence-electron chi connectivity index (χ2n) is 5.61. The molecule has 1 aromatic carbocycles. The standard InChI is InChI=1S/C17H16F3N7OS/c18-17(19,20)29-13-4-2-12(3-5-13)24-16(28)22-10-9-21-14-6-7-15(26-25-14)27-11-1-8-23-27/h1-8,11H,9-10H2,(H,21,25)(H2,22,24,28). The van der Waals surface area contributed by atoms with Crippen molar-refractivity contribution in [1.29, 1.82) is 0 Å². The minimum atomic E-state index is -4.34. The second-order valence-corrected chi connectivity index (χ2v) is 6.75. The number of carbonyl (C=O) groups excluding carboxylic acids is 1. The average molecular weight is 423 g/mol. The number of urea groups is 1. The van der Waals surface area contributed by atoms with E-state index in [0.29, 0.717) is 30.4 Å². The predicted octanol–water partition coefficient (Wildman–Crippen LogP) is 3.51. The molecule has 2 heterocycles. The molecule has 3 rings (SSSR count). The van der Waals surface area contributed by atoms with Crippen molar-refractivity contribution in [2.24, 2.45) is 0 Å². The van der Waals surface area contributed by atoms with E-state index in [1.54, 1.807) is 35.3 Å². The fraction of sp³-hybridized carbons (Fsp3) is 0.176. The van der Waals surface area contributed by atoms with Gasteiger partial charge in [0.2, 0.25) is 0 Å². The molecular weight excluding hydrogens is 407 g/mol. The highest BCUT2D eigenvalue weighted by atomic mass is 32.2.